The van der Waals surface area contributed by atoms with Gasteiger partial charge >= 0.3 is 0 Å². The van der Waals surface area contributed by atoms with Gasteiger partial charge in [0.25, 0.3) is 0 Å². The number of ketones is 1. The van der Waals surface area contributed by atoms with E-state index in [1.54, 1.807) is 4.90 Å². The highest BCUT2D eigenvalue weighted by molar-refractivity contribution is 5.89. The van der Waals surface area contributed by atoms with Crippen LogP contribution in [0.1, 0.15) is 46.0 Å². The van der Waals surface area contributed by atoms with Gasteiger partial charge in [0.1, 0.15) is 0 Å². The molecule has 17 heavy (non-hydrogen) atoms. The van der Waals surface area contributed by atoms with Crippen molar-refractivity contribution in [3.05, 3.63) is 0 Å². The molecule has 0 bridgehead atoms. The quantitative estimate of drug-likeness (QED) is 0.752. The number of hydrogen-bond acceptors (Lipinski definition) is 2. The van der Waals surface area contributed by atoms with E-state index in [9.17, 15) is 9.59 Å². The second kappa shape index (κ2) is 5.19. The molecular weight excluding hydrogens is 214 g/mol. The Bertz CT molecular complexity index is 307. The molecule has 3 heteroatoms. The summed E-state index contributed by atoms with van der Waals surface area (Å²) in [5.74, 6) is 2.01. The van der Waals surface area contributed by atoms with Crippen molar-refractivity contribution < 1.29 is 9.59 Å². The van der Waals surface area contributed by atoms with E-state index in [2.05, 4.69) is 13.8 Å². The lowest BCUT2D eigenvalue weighted by atomic mass is 9.89. The molecule has 0 aromatic rings. The van der Waals surface area contributed by atoms with Gasteiger partial charge in [0, 0.05) is 18.9 Å². The van der Waals surface area contributed by atoms with Crippen LogP contribution in [-0.4, -0.2) is 29.7 Å². The van der Waals surface area contributed by atoms with E-state index in [0.29, 0.717) is 24.8 Å². The molecule has 1 unspecified atom stereocenters. The molecule has 2 aliphatic rings. The van der Waals surface area contributed by atoms with Gasteiger partial charge < -0.3 is 4.90 Å². The van der Waals surface area contributed by atoms with Crippen molar-refractivity contribution in [1.82, 2.24) is 4.90 Å². The van der Waals surface area contributed by atoms with Gasteiger partial charge in [0.05, 0.1) is 6.54 Å². The number of nitrogens with zero attached hydrogens (tertiary/aromatic N) is 1. The summed E-state index contributed by atoms with van der Waals surface area (Å²) in [5, 5.41) is 0. The first-order valence-electron chi connectivity index (χ1n) is 6.88. The highest BCUT2D eigenvalue weighted by atomic mass is 16.2. The van der Waals surface area contributed by atoms with E-state index in [0.717, 1.165) is 32.2 Å². The zero-order valence-electron chi connectivity index (χ0n) is 10.9. The standard InChI is InChI=1S/C14H23NO2/c1-10(2)11-5-6-14(17)15(8-7-11)9-13(16)12-3-4-12/h10-12H,3-9H2,1-2H3. The van der Waals surface area contributed by atoms with E-state index >= 15 is 0 Å². The van der Waals surface area contributed by atoms with E-state index < -0.39 is 0 Å². The zero-order valence-corrected chi connectivity index (χ0v) is 10.9. The second-order valence-electron chi connectivity index (χ2n) is 5.89. The lowest BCUT2D eigenvalue weighted by molar-refractivity contribution is -0.135. The van der Waals surface area contributed by atoms with Crippen molar-refractivity contribution in [3.8, 4) is 0 Å². The van der Waals surface area contributed by atoms with Crippen LogP contribution >= 0.6 is 0 Å². The average Bonchev–Trinajstić information content (AvgIpc) is 3.08. The normalized spacial score (nSPS) is 26.2. The van der Waals surface area contributed by atoms with E-state index in [4.69, 9.17) is 0 Å². The predicted molar refractivity (Wildman–Crippen MR) is 66.5 cm³/mol. The van der Waals surface area contributed by atoms with Crippen LogP contribution in [0.5, 0.6) is 0 Å². The lowest BCUT2D eigenvalue weighted by Crippen LogP contribution is -2.35. The largest absolute Gasteiger partial charge is 0.335 e. The number of amides is 1. The molecule has 2 fully saturated rings. The summed E-state index contributed by atoms with van der Waals surface area (Å²) in [4.78, 5) is 25.5. The smallest absolute Gasteiger partial charge is 0.222 e. The topological polar surface area (TPSA) is 37.4 Å². The van der Waals surface area contributed by atoms with Gasteiger partial charge in [-0.25, -0.2) is 0 Å². The van der Waals surface area contributed by atoms with E-state index in [1.165, 1.54) is 0 Å². The lowest BCUT2D eigenvalue weighted by Gasteiger charge is -2.21. The first kappa shape index (κ1) is 12.6. The van der Waals surface area contributed by atoms with Crippen LogP contribution in [0.2, 0.25) is 0 Å². The molecule has 1 heterocycles. The minimum Gasteiger partial charge on any atom is -0.335 e. The van der Waals surface area contributed by atoms with Gasteiger partial charge in [-0.2, -0.15) is 0 Å². The summed E-state index contributed by atoms with van der Waals surface area (Å²) in [6, 6.07) is 0. The molecule has 1 saturated carbocycles. The third kappa shape index (κ3) is 3.30. The number of hydrogen-bond donors (Lipinski definition) is 0. The van der Waals surface area contributed by atoms with E-state index in [-0.39, 0.29) is 17.6 Å². The molecule has 0 spiro atoms. The Morgan fingerprint density at radius 2 is 2.00 bits per heavy atom. The Kier molecular flexibility index (Phi) is 3.85. The van der Waals surface area contributed by atoms with Crippen LogP contribution < -0.4 is 0 Å². The van der Waals surface area contributed by atoms with Crippen molar-refractivity contribution in [3.63, 3.8) is 0 Å². The Labute approximate surface area is 104 Å². The molecule has 3 nitrogen and oxygen atoms in total. The molecule has 1 atom stereocenters. The predicted octanol–water partition coefficient (Wildman–Crippen LogP) is 2.25. The fourth-order valence-corrected chi connectivity index (χ4v) is 2.61. The Balaban J connectivity index is 1.88. The van der Waals surface area contributed by atoms with Crippen LogP contribution in [0.25, 0.3) is 0 Å². The van der Waals surface area contributed by atoms with Crippen molar-refractivity contribution in [2.75, 3.05) is 13.1 Å². The van der Waals surface area contributed by atoms with Crippen LogP contribution in [-0.2, 0) is 9.59 Å². The van der Waals surface area contributed by atoms with Gasteiger partial charge in [0.2, 0.25) is 5.91 Å². The Morgan fingerprint density at radius 3 is 2.59 bits per heavy atom. The maximum Gasteiger partial charge on any atom is 0.222 e. The fraction of sp³-hybridized carbons (Fsp3) is 0.857. The van der Waals surface area contributed by atoms with Gasteiger partial charge in [-0.05, 0) is 37.5 Å². The molecule has 0 radical (unpaired) electrons. The van der Waals surface area contributed by atoms with Gasteiger partial charge in [-0.3, -0.25) is 9.59 Å². The van der Waals surface area contributed by atoms with Crippen molar-refractivity contribution in [1.29, 1.82) is 0 Å². The van der Waals surface area contributed by atoms with E-state index in [1.807, 2.05) is 0 Å². The third-order valence-electron chi connectivity index (χ3n) is 4.17. The molecule has 96 valence electrons. The number of rotatable bonds is 4. The second-order valence-corrected chi connectivity index (χ2v) is 5.89. The molecule has 1 amide bonds. The third-order valence-corrected chi connectivity index (χ3v) is 4.17. The summed E-state index contributed by atoms with van der Waals surface area (Å²) in [5.41, 5.74) is 0. The van der Waals surface area contributed by atoms with Crippen molar-refractivity contribution in [2.24, 2.45) is 17.8 Å². The summed E-state index contributed by atoms with van der Waals surface area (Å²) >= 11 is 0. The van der Waals surface area contributed by atoms with Crippen LogP contribution in [0.4, 0.5) is 0 Å². The highest BCUT2D eigenvalue weighted by Gasteiger charge is 2.32. The zero-order chi connectivity index (χ0) is 12.4. The van der Waals surface area contributed by atoms with Crippen LogP contribution in [0, 0.1) is 17.8 Å². The number of Topliss-reactive ketones (excluding diaryl/α,β-unsaturated/α-hetero) is 1. The molecule has 2 rings (SSSR count). The Morgan fingerprint density at radius 1 is 1.29 bits per heavy atom. The summed E-state index contributed by atoms with van der Waals surface area (Å²) in [6.45, 7) is 5.59. The number of likely N-dealkylation sites (tertiary alicyclic amines) is 1. The van der Waals surface area contributed by atoms with Gasteiger partial charge in [-0.1, -0.05) is 13.8 Å². The van der Waals surface area contributed by atoms with Crippen LogP contribution in [0.15, 0.2) is 0 Å². The minimum atomic E-state index is 0.183. The summed E-state index contributed by atoms with van der Waals surface area (Å²) in [6.07, 6.45) is 4.75. The minimum absolute atomic E-state index is 0.183. The van der Waals surface area contributed by atoms with Crippen molar-refractivity contribution in [2.45, 2.75) is 46.0 Å². The van der Waals surface area contributed by atoms with Gasteiger partial charge in [0.15, 0.2) is 5.78 Å². The molecular formula is C14H23NO2. The van der Waals surface area contributed by atoms with Gasteiger partial charge in [-0.15, -0.1) is 0 Å². The maximum atomic E-state index is 11.9. The molecule has 0 N–H and O–H groups in total. The molecule has 1 aliphatic carbocycles. The Hall–Kier alpha value is -0.860. The molecule has 1 aliphatic heterocycles. The first-order chi connectivity index (χ1) is 8.08. The SMILES string of the molecule is CC(C)C1CCC(=O)N(CC(=O)C2CC2)CC1. The number of carbonyl (C=O) groups is 2. The first-order valence-corrected chi connectivity index (χ1v) is 6.88. The summed E-state index contributed by atoms with van der Waals surface area (Å²) in [7, 11) is 0. The molecule has 1 saturated heterocycles. The summed E-state index contributed by atoms with van der Waals surface area (Å²) < 4.78 is 0. The van der Waals surface area contributed by atoms with Crippen LogP contribution in [0.3, 0.4) is 0 Å². The fourth-order valence-electron chi connectivity index (χ4n) is 2.61. The highest BCUT2D eigenvalue weighted by Crippen LogP contribution is 2.31. The molecule has 0 aromatic heterocycles. The maximum absolute atomic E-state index is 11.9. The monoisotopic (exact) mass is 237 g/mol. The van der Waals surface area contributed by atoms with Crippen molar-refractivity contribution >= 4 is 11.7 Å². The molecule has 0 aromatic carbocycles. The average molecular weight is 237 g/mol. The number of carbonyl (C=O) groups excluding carboxylic acids is 2.